The molecular weight excluding hydrogens is 182 g/mol. The second kappa shape index (κ2) is 3.26. The largest absolute Gasteiger partial charge is 0.481 e. The van der Waals surface area contributed by atoms with E-state index in [9.17, 15) is 9.59 Å². The molecule has 1 N–H and O–H groups in total. The van der Waals surface area contributed by atoms with Gasteiger partial charge in [-0.2, -0.15) is 0 Å². The van der Waals surface area contributed by atoms with Crippen LogP contribution in [0.25, 0.3) is 0 Å². The Morgan fingerprint density at radius 3 is 2.93 bits per heavy atom. The quantitative estimate of drug-likeness (QED) is 0.717. The first-order valence-corrected chi connectivity index (χ1v) is 5.08. The lowest BCUT2D eigenvalue weighted by Gasteiger charge is -2.21. The topological polar surface area (TPSA) is 57.6 Å². The number of amides is 1. The molecule has 4 heteroatoms. The van der Waals surface area contributed by atoms with E-state index in [-0.39, 0.29) is 24.2 Å². The minimum absolute atomic E-state index is 0.0638. The highest BCUT2D eigenvalue weighted by Gasteiger charge is 2.51. The molecule has 1 heterocycles. The van der Waals surface area contributed by atoms with Crippen molar-refractivity contribution in [1.29, 1.82) is 0 Å². The highest BCUT2D eigenvalue weighted by Crippen LogP contribution is 2.46. The van der Waals surface area contributed by atoms with Crippen molar-refractivity contribution in [3.05, 3.63) is 0 Å². The number of fused-ring (bicyclic) bond motifs is 1. The van der Waals surface area contributed by atoms with Crippen LogP contribution in [0.1, 0.15) is 19.8 Å². The lowest BCUT2D eigenvalue weighted by Crippen LogP contribution is -2.33. The van der Waals surface area contributed by atoms with Crippen LogP contribution in [0.15, 0.2) is 0 Å². The van der Waals surface area contributed by atoms with Gasteiger partial charge in [-0.05, 0) is 18.3 Å². The van der Waals surface area contributed by atoms with Gasteiger partial charge in [-0.3, -0.25) is 9.59 Å². The molecule has 78 valence electrons. The highest BCUT2D eigenvalue weighted by atomic mass is 16.4. The summed E-state index contributed by atoms with van der Waals surface area (Å²) >= 11 is 0. The maximum Gasteiger partial charge on any atom is 0.303 e. The number of carboxylic acids is 1. The van der Waals surface area contributed by atoms with E-state index >= 15 is 0 Å². The molecule has 0 aromatic carbocycles. The molecule has 2 aliphatic rings. The molecule has 2 rings (SSSR count). The molecule has 0 spiro atoms. The molecule has 4 nitrogen and oxygen atoms in total. The number of piperidine rings is 1. The van der Waals surface area contributed by atoms with Crippen LogP contribution >= 0.6 is 0 Å². The van der Waals surface area contributed by atoms with Gasteiger partial charge in [0.2, 0.25) is 5.91 Å². The van der Waals surface area contributed by atoms with Gasteiger partial charge < -0.3 is 10.0 Å². The Morgan fingerprint density at radius 1 is 1.71 bits per heavy atom. The van der Waals surface area contributed by atoms with Crippen molar-refractivity contribution >= 4 is 11.9 Å². The number of carbonyl (C=O) groups is 2. The van der Waals surface area contributed by atoms with Crippen LogP contribution in [-0.4, -0.2) is 35.0 Å². The number of nitrogens with zero attached hydrogens (tertiary/aromatic N) is 1. The lowest BCUT2D eigenvalue weighted by atomic mass is 10.1. The van der Waals surface area contributed by atoms with Gasteiger partial charge in [0.1, 0.15) is 0 Å². The molecule has 0 radical (unpaired) electrons. The third-order valence-electron chi connectivity index (χ3n) is 3.06. The van der Waals surface area contributed by atoms with Crippen LogP contribution in [-0.2, 0) is 9.59 Å². The van der Waals surface area contributed by atoms with Gasteiger partial charge in [0.15, 0.2) is 0 Å². The van der Waals surface area contributed by atoms with E-state index < -0.39 is 5.97 Å². The Morgan fingerprint density at radius 2 is 2.43 bits per heavy atom. The summed E-state index contributed by atoms with van der Waals surface area (Å²) in [4.78, 5) is 23.8. The van der Waals surface area contributed by atoms with E-state index in [4.69, 9.17) is 5.11 Å². The van der Waals surface area contributed by atoms with Crippen molar-refractivity contribution in [3.63, 3.8) is 0 Å². The lowest BCUT2D eigenvalue weighted by molar-refractivity contribution is -0.139. The van der Waals surface area contributed by atoms with Crippen molar-refractivity contribution in [2.24, 2.45) is 17.8 Å². The zero-order valence-corrected chi connectivity index (χ0v) is 8.27. The zero-order chi connectivity index (χ0) is 10.3. The Balaban J connectivity index is 1.80. The number of hydrogen-bond donors (Lipinski definition) is 1. The Kier molecular flexibility index (Phi) is 2.21. The summed E-state index contributed by atoms with van der Waals surface area (Å²) in [6.07, 6.45) is 1.21. The molecule has 1 amide bonds. The summed E-state index contributed by atoms with van der Waals surface area (Å²) in [6.45, 7) is 3.34. The normalized spacial score (nSPS) is 31.5. The number of aliphatic carboxylic acids is 1. The van der Waals surface area contributed by atoms with Crippen molar-refractivity contribution < 1.29 is 14.7 Å². The Labute approximate surface area is 82.9 Å². The fourth-order valence-corrected chi connectivity index (χ4v) is 2.26. The van der Waals surface area contributed by atoms with Gasteiger partial charge in [-0.25, -0.2) is 0 Å². The Bertz CT molecular complexity index is 277. The van der Waals surface area contributed by atoms with Crippen LogP contribution in [0.4, 0.5) is 0 Å². The standard InChI is InChI=1S/C10H15NO3/c1-6(2-9(12)13)4-11-5-7-3-8(7)10(11)14/h6-8H,2-5H2,1H3,(H,12,13). The monoisotopic (exact) mass is 197 g/mol. The van der Waals surface area contributed by atoms with Crippen molar-refractivity contribution in [1.82, 2.24) is 4.90 Å². The van der Waals surface area contributed by atoms with Gasteiger partial charge in [0, 0.05) is 25.4 Å². The maximum atomic E-state index is 11.5. The van der Waals surface area contributed by atoms with E-state index in [1.54, 1.807) is 0 Å². The SMILES string of the molecule is CC(CC(=O)O)CN1CC2CC2C1=O. The number of hydrogen-bond acceptors (Lipinski definition) is 2. The smallest absolute Gasteiger partial charge is 0.303 e. The minimum Gasteiger partial charge on any atom is -0.481 e. The summed E-state index contributed by atoms with van der Waals surface area (Å²) < 4.78 is 0. The fraction of sp³-hybridized carbons (Fsp3) is 0.800. The first kappa shape index (κ1) is 9.49. The zero-order valence-electron chi connectivity index (χ0n) is 8.27. The van der Waals surface area contributed by atoms with Gasteiger partial charge in [0.25, 0.3) is 0 Å². The predicted molar refractivity (Wildman–Crippen MR) is 49.6 cm³/mol. The third kappa shape index (κ3) is 1.74. The Hall–Kier alpha value is -1.06. The number of likely N-dealkylation sites (tertiary alicyclic amines) is 1. The van der Waals surface area contributed by atoms with Crippen LogP contribution in [0.3, 0.4) is 0 Å². The summed E-state index contributed by atoms with van der Waals surface area (Å²) in [7, 11) is 0. The molecular formula is C10H15NO3. The molecule has 3 atom stereocenters. The number of carbonyl (C=O) groups excluding carboxylic acids is 1. The van der Waals surface area contributed by atoms with Crippen LogP contribution in [0.5, 0.6) is 0 Å². The number of rotatable bonds is 4. The molecule has 1 aliphatic heterocycles. The highest BCUT2D eigenvalue weighted by molar-refractivity contribution is 5.84. The molecule has 0 bridgehead atoms. The van der Waals surface area contributed by atoms with Gasteiger partial charge in [-0.1, -0.05) is 6.92 Å². The van der Waals surface area contributed by atoms with E-state index in [0.717, 1.165) is 13.0 Å². The van der Waals surface area contributed by atoms with E-state index in [1.165, 1.54) is 0 Å². The van der Waals surface area contributed by atoms with Crippen LogP contribution in [0, 0.1) is 17.8 Å². The van der Waals surface area contributed by atoms with Crippen molar-refractivity contribution in [3.8, 4) is 0 Å². The summed E-state index contributed by atoms with van der Waals surface area (Å²) in [5, 5.41) is 8.58. The molecule has 2 fully saturated rings. The molecule has 0 aromatic heterocycles. The van der Waals surface area contributed by atoms with Crippen LogP contribution in [0.2, 0.25) is 0 Å². The van der Waals surface area contributed by atoms with E-state index in [0.29, 0.717) is 12.5 Å². The molecule has 1 saturated heterocycles. The maximum absolute atomic E-state index is 11.5. The average molecular weight is 197 g/mol. The van der Waals surface area contributed by atoms with E-state index in [2.05, 4.69) is 0 Å². The second-order valence-electron chi connectivity index (χ2n) is 4.55. The fourth-order valence-electron chi connectivity index (χ4n) is 2.26. The van der Waals surface area contributed by atoms with Crippen LogP contribution < -0.4 is 0 Å². The molecule has 1 aliphatic carbocycles. The van der Waals surface area contributed by atoms with Crippen molar-refractivity contribution in [2.75, 3.05) is 13.1 Å². The van der Waals surface area contributed by atoms with Gasteiger partial charge in [0.05, 0.1) is 0 Å². The van der Waals surface area contributed by atoms with E-state index in [1.807, 2.05) is 11.8 Å². The first-order valence-electron chi connectivity index (χ1n) is 5.08. The van der Waals surface area contributed by atoms with Gasteiger partial charge in [-0.15, -0.1) is 0 Å². The first-order chi connectivity index (χ1) is 6.58. The predicted octanol–water partition coefficient (Wildman–Crippen LogP) is 0.576. The van der Waals surface area contributed by atoms with Crippen molar-refractivity contribution in [2.45, 2.75) is 19.8 Å². The summed E-state index contributed by atoms with van der Waals surface area (Å²) in [5.74, 6) is 0.391. The molecule has 0 aromatic rings. The average Bonchev–Trinajstić information content (AvgIpc) is 2.74. The summed E-state index contributed by atoms with van der Waals surface area (Å²) in [6, 6.07) is 0. The van der Waals surface area contributed by atoms with Gasteiger partial charge >= 0.3 is 5.97 Å². The third-order valence-corrected chi connectivity index (χ3v) is 3.06. The molecule has 1 saturated carbocycles. The molecule has 3 unspecified atom stereocenters. The minimum atomic E-state index is -0.783. The number of carboxylic acid groups (broad SMARTS) is 1. The summed E-state index contributed by atoms with van der Waals surface area (Å²) in [5.41, 5.74) is 0. The molecule has 14 heavy (non-hydrogen) atoms. The second-order valence-corrected chi connectivity index (χ2v) is 4.55.